The molecule has 12 heavy (non-hydrogen) atoms. The number of rotatable bonds is 1. The topological polar surface area (TPSA) is 43.1 Å². The zero-order valence-corrected chi connectivity index (χ0v) is 7.40. The number of nitrogens with zero attached hydrogens (tertiary/aromatic N) is 1. The van der Waals surface area contributed by atoms with E-state index in [4.69, 9.17) is 0 Å². The minimum atomic E-state index is -0.799. The van der Waals surface area contributed by atoms with Crippen molar-refractivity contribution in [1.29, 1.82) is 0 Å². The number of halogens is 3. The van der Waals surface area contributed by atoms with E-state index in [0.717, 1.165) is 12.1 Å². The highest BCUT2D eigenvalue weighted by Gasteiger charge is 2.09. The molecular formula is C6H6Cl2FNO2. The first-order valence-corrected chi connectivity index (χ1v) is 2.61. The van der Waals surface area contributed by atoms with Crippen LogP contribution >= 0.6 is 24.8 Å². The van der Waals surface area contributed by atoms with Crippen LogP contribution in [-0.2, 0) is 0 Å². The van der Waals surface area contributed by atoms with E-state index < -0.39 is 16.4 Å². The van der Waals surface area contributed by atoms with Gasteiger partial charge in [0.25, 0.3) is 0 Å². The summed E-state index contributed by atoms with van der Waals surface area (Å²) in [5.41, 5.74) is -0.484. The maximum absolute atomic E-state index is 12.4. The Morgan fingerprint density at radius 3 is 2.08 bits per heavy atom. The highest BCUT2D eigenvalue weighted by atomic mass is 35.5. The van der Waals surface area contributed by atoms with Crippen LogP contribution in [0.1, 0.15) is 0 Å². The van der Waals surface area contributed by atoms with E-state index in [9.17, 15) is 14.5 Å². The highest BCUT2D eigenvalue weighted by molar-refractivity contribution is 5.85. The third-order valence-corrected chi connectivity index (χ3v) is 1.05. The lowest BCUT2D eigenvalue weighted by Gasteiger charge is -1.89. The maximum Gasteiger partial charge on any atom is 0.304 e. The van der Waals surface area contributed by atoms with E-state index >= 15 is 0 Å². The summed E-state index contributed by atoms with van der Waals surface area (Å²) in [6.45, 7) is 0. The summed E-state index contributed by atoms with van der Waals surface area (Å²) in [5, 5.41) is 9.99. The van der Waals surface area contributed by atoms with Gasteiger partial charge >= 0.3 is 5.69 Å². The fourth-order valence-corrected chi connectivity index (χ4v) is 0.600. The Hall–Kier alpha value is -0.870. The molecule has 0 aliphatic carbocycles. The summed E-state index contributed by atoms with van der Waals surface area (Å²) in [7, 11) is 0. The molecule has 0 aliphatic rings. The zero-order chi connectivity index (χ0) is 7.56. The third-order valence-electron chi connectivity index (χ3n) is 1.05. The summed E-state index contributed by atoms with van der Waals surface area (Å²) in [5.74, 6) is -0.799. The molecule has 1 rings (SSSR count). The van der Waals surface area contributed by atoms with Crippen molar-refractivity contribution in [3.05, 3.63) is 40.2 Å². The van der Waals surface area contributed by atoms with Gasteiger partial charge in [0, 0.05) is 6.07 Å². The predicted molar refractivity (Wildman–Crippen MR) is 47.6 cm³/mol. The van der Waals surface area contributed by atoms with Crippen molar-refractivity contribution >= 4 is 30.5 Å². The lowest BCUT2D eigenvalue weighted by Crippen LogP contribution is -1.90. The Kier molecular flexibility index (Phi) is 6.55. The number of hydrogen-bond donors (Lipinski definition) is 0. The number of nitro groups is 1. The van der Waals surface area contributed by atoms with Gasteiger partial charge in [0.1, 0.15) is 0 Å². The molecule has 3 nitrogen and oxygen atoms in total. The maximum atomic E-state index is 12.4. The van der Waals surface area contributed by atoms with E-state index in [-0.39, 0.29) is 24.8 Å². The van der Waals surface area contributed by atoms with Gasteiger partial charge in [-0.2, -0.15) is 4.39 Å². The molecule has 0 heterocycles. The molecule has 0 amide bonds. The van der Waals surface area contributed by atoms with Crippen LogP contribution in [0.15, 0.2) is 24.3 Å². The monoisotopic (exact) mass is 213 g/mol. The summed E-state index contributed by atoms with van der Waals surface area (Å²) < 4.78 is 12.4. The molecule has 0 spiro atoms. The average molecular weight is 214 g/mol. The van der Waals surface area contributed by atoms with Crippen molar-refractivity contribution in [2.75, 3.05) is 0 Å². The molecule has 0 saturated carbocycles. The van der Waals surface area contributed by atoms with Crippen LogP contribution in [-0.4, -0.2) is 4.92 Å². The minimum absolute atomic E-state index is 0. The molecule has 1 aromatic carbocycles. The summed E-state index contributed by atoms with van der Waals surface area (Å²) >= 11 is 0. The van der Waals surface area contributed by atoms with Gasteiger partial charge in [-0.25, -0.2) is 0 Å². The normalized spacial score (nSPS) is 7.75. The quantitative estimate of drug-likeness (QED) is 0.532. The lowest BCUT2D eigenvalue weighted by molar-refractivity contribution is -0.387. The molecule has 1 aromatic rings. The Labute approximate surface area is 80.6 Å². The molecule has 0 N–H and O–H groups in total. The third kappa shape index (κ3) is 3.02. The number of nitro benzene ring substituents is 1. The summed E-state index contributed by atoms with van der Waals surface area (Å²) in [4.78, 5) is 9.23. The minimum Gasteiger partial charge on any atom is -0.258 e. The first-order chi connectivity index (χ1) is 4.72. The molecule has 0 atom stereocenters. The average Bonchev–Trinajstić information content (AvgIpc) is 1.88. The second-order valence-corrected chi connectivity index (χ2v) is 1.71. The Morgan fingerprint density at radius 1 is 1.25 bits per heavy atom. The molecule has 0 aromatic heterocycles. The SMILES string of the molecule is Cl.Cl.O=[N+]([O-])c1ccccc1F. The zero-order valence-electron chi connectivity index (χ0n) is 5.77. The lowest BCUT2D eigenvalue weighted by atomic mass is 10.3. The van der Waals surface area contributed by atoms with Gasteiger partial charge in [-0.05, 0) is 6.07 Å². The number of benzene rings is 1. The van der Waals surface area contributed by atoms with Crippen molar-refractivity contribution in [2.45, 2.75) is 0 Å². The smallest absolute Gasteiger partial charge is 0.258 e. The van der Waals surface area contributed by atoms with Gasteiger partial charge in [-0.1, -0.05) is 12.1 Å². The molecule has 0 aliphatic heterocycles. The van der Waals surface area contributed by atoms with Crippen LogP contribution in [0.25, 0.3) is 0 Å². The van der Waals surface area contributed by atoms with Crippen molar-refractivity contribution in [2.24, 2.45) is 0 Å². The van der Waals surface area contributed by atoms with Crippen LogP contribution in [0.4, 0.5) is 10.1 Å². The summed E-state index contributed by atoms with van der Waals surface area (Å²) in [6, 6.07) is 5.00. The first kappa shape index (κ1) is 13.7. The van der Waals surface area contributed by atoms with Crippen molar-refractivity contribution in [3.63, 3.8) is 0 Å². The van der Waals surface area contributed by atoms with E-state index in [1.165, 1.54) is 12.1 Å². The predicted octanol–water partition coefficient (Wildman–Crippen LogP) is 2.58. The van der Waals surface area contributed by atoms with Crippen molar-refractivity contribution < 1.29 is 9.31 Å². The largest absolute Gasteiger partial charge is 0.304 e. The number of hydrogen-bond acceptors (Lipinski definition) is 2. The van der Waals surface area contributed by atoms with Crippen LogP contribution in [0.3, 0.4) is 0 Å². The van der Waals surface area contributed by atoms with Gasteiger partial charge in [0.2, 0.25) is 5.82 Å². The van der Waals surface area contributed by atoms with Crippen LogP contribution < -0.4 is 0 Å². The highest BCUT2D eigenvalue weighted by Crippen LogP contribution is 2.14. The Bertz CT molecular complexity index is 269. The Morgan fingerprint density at radius 2 is 1.75 bits per heavy atom. The van der Waals surface area contributed by atoms with E-state index in [2.05, 4.69) is 0 Å². The van der Waals surface area contributed by atoms with Gasteiger partial charge in [-0.3, -0.25) is 10.1 Å². The molecule has 0 saturated heterocycles. The van der Waals surface area contributed by atoms with Crippen molar-refractivity contribution in [3.8, 4) is 0 Å². The van der Waals surface area contributed by atoms with E-state index in [1.807, 2.05) is 0 Å². The molecular weight excluding hydrogens is 208 g/mol. The van der Waals surface area contributed by atoms with Crippen LogP contribution in [0.5, 0.6) is 0 Å². The molecule has 0 fully saturated rings. The molecule has 0 radical (unpaired) electrons. The first-order valence-electron chi connectivity index (χ1n) is 2.61. The van der Waals surface area contributed by atoms with Gasteiger partial charge in [0.15, 0.2) is 0 Å². The Balaban J connectivity index is 0. The van der Waals surface area contributed by atoms with Gasteiger partial charge in [0.05, 0.1) is 4.92 Å². The van der Waals surface area contributed by atoms with Crippen LogP contribution in [0, 0.1) is 15.9 Å². The molecule has 68 valence electrons. The van der Waals surface area contributed by atoms with E-state index in [0.29, 0.717) is 0 Å². The van der Waals surface area contributed by atoms with Crippen LogP contribution in [0.2, 0.25) is 0 Å². The number of para-hydroxylation sites is 1. The summed E-state index contributed by atoms with van der Waals surface area (Å²) in [6.07, 6.45) is 0. The molecule has 0 bridgehead atoms. The van der Waals surface area contributed by atoms with E-state index in [1.54, 1.807) is 0 Å². The molecule has 6 heteroatoms. The second-order valence-electron chi connectivity index (χ2n) is 1.71. The second kappa shape index (κ2) is 5.74. The molecule has 0 unspecified atom stereocenters. The van der Waals surface area contributed by atoms with Gasteiger partial charge in [-0.15, -0.1) is 24.8 Å². The fraction of sp³-hybridized carbons (Fsp3) is 0. The van der Waals surface area contributed by atoms with Crippen molar-refractivity contribution in [1.82, 2.24) is 0 Å². The fourth-order valence-electron chi connectivity index (χ4n) is 0.600. The standard InChI is InChI=1S/C6H4FNO2.2ClH/c7-5-3-1-2-4-6(5)8(9)10;;/h1-4H;2*1H. The van der Waals surface area contributed by atoms with Gasteiger partial charge < -0.3 is 0 Å².